The lowest BCUT2D eigenvalue weighted by molar-refractivity contribution is -0.141. The fraction of sp³-hybridized carbons (Fsp3) is 0.167. The summed E-state index contributed by atoms with van der Waals surface area (Å²) in [6, 6.07) is 14.1. The third-order valence-corrected chi connectivity index (χ3v) is 3.63. The van der Waals surface area contributed by atoms with Crippen molar-refractivity contribution in [3.05, 3.63) is 59.9 Å². The Kier molecular flexibility index (Phi) is 4.37. The number of ether oxygens (including phenoxy) is 1. The van der Waals surface area contributed by atoms with Crippen molar-refractivity contribution < 1.29 is 13.9 Å². The van der Waals surface area contributed by atoms with E-state index in [4.69, 9.17) is 4.74 Å². The molecule has 0 unspecified atom stereocenters. The first-order valence-corrected chi connectivity index (χ1v) is 7.42. The number of benzene rings is 2. The van der Waals surface area contributed by atoms with Gasteiger partial charge < -0.3 is 4.74 Å². The highest BCUT2D eigenvalue weighted by atomic mass is 19.1. The molecule has 0 atom stereocenters. The zero-order valence-corrected chi connectivity index (χ0v) is 13.4. The van der Waals surface area contributed by atoms with Gasteiger partial charge in [0.05, 0.1) is 7.11 Å². The highest BCUT2D eigenvalue weighted by Crippen LogP contribution is 2.24. The van der Waals surface area contributed by atoms with Gasteiger partial charge in [0, 0.05) is 11.1 Å². The second-order valence-electron chi connectivity index (χ2n) is 5.32. The summed E-state index contributed by atoms with van der Waals surface area (Å²) in [5.74, 6) is 0.286. The molecule has 3 rings (SSSR count). The van der Waals surface area contributed by atoms with Crippen LogP contribution in [0.25, 0.3) is 22.8 Å². The summed E-state index contributed by atoms with van der Waals surface area (Å²) in [6.45, 7) is 1.64. The van der Waals surface area contributed by atoms with Gasteiger partial charge in [0.1, 0.15) is 12.4 Å². The van der Waals surface area contributed by atoms with E-state index < -0.39 is 5.97 Å². The lowest BCUT2D eigenvalue weighted by Crippen LogP contribution is -2.13. The lowest BCUT2D eigenvalue weighted by atomic mass is 10.1. The summed E-state index contributed by atoms with van der Waals surface area (Å²) in [5.41, 5.74) is 2.03. The minimum atomic E-state index is -0.418. The molecule has 1 heterocycles. The average molecular weight is 325 g/mol. The number of aryl methyl sites for hydroxylation is 1. The fourth-order valence-corrected chi connectivity index (χ4v) is 2.35. The number of carbonyl (C=O) groups is 1. The number of rotatable bonds is 4. The van der Waals surface area contributed by atoms with E-state index in [1.165, 1.54) is 17.9 Å². The highest BCUT2D eigenvalue weighted by Gasteiger charge is 2.16. The molecule has 0 amide bonds. The molecule has 6 heteroatoms. The molecule has 24 heavy (non-hydrogen) atoms. The second-order valence-corrected chi connectivity index (χ2v) is 5.32. The Hall–Kier alpha value is -3.02. The molecule has 2 aromatic carbocycles. The first kappa shape index (κ1) is 15.9. The molecule has 0 fully saturated rings. The molecule has 0 aliphatic rings. The third-order valence-electron chi connectivity index (χ3n) is 3.63. The zero-order valence-electron chi connectivity index (χ0n) is 13.4. The summed E-state index contributed by atoms with van der Waals surface area (Å²) in [7, 11) is 1.33. The van der Waals surface area contributed by atoms with E-state index in [0.29, 0.717) is 22.8 Å². The maximum atomic E-state index is 13.5. The van der Waals surface area contributed by atoms with Gasteiger partial charge in [-0.15, -0.1) is 5.10 Å². The molecule has 0 spiro atoms. The molecule has 3 aromatic rings. The maximum Gasteiger partial charge on any atom is 0.327 e. The summed E-state index contributed by atoms with van der Waals surface area (Å²) in [6.07, 6.45) is 0. The smallest absolute Gasteiger partial charge is 0.327 e. The summed E-state index contributed by atoms with van der Waals surface area (Å²) < 4.78 is 19.7. The molecule has 5 nitrogen and oxygen atoms in total. The SMILES string of the molecule is COC(=O)Cn1nc(-c2ccc(F)c(C)c2)nc1-c1ccccc1. The summed E-state index contributed by atoms with van der Waals surface area (Å²) in [4.78, 5) is 16.2. The molecular weight excluding hydrogens is 309 g/mol. The van der Waals surface area contributed by atoms with Crippen LogP contribution in [0.4, 0.5) is 4.39 Å². The van der Waals surface area contributed by atoms with E-state index in [0.717, 1.165) is 5.56 Å². The highest BCUT2D eigenvalue weighted by molar-refractivity contribution is 5.70. The van der Waals surface area contributed by atoms with E-state index in [-0.39, 0.29) is 12.4 Å². The van der Waals surface area contributed by atoms with Crippen LogP contribution in [0.3, 0.4) is 0 Å². The van der Waals surface area contributed by atoms with Crippen molar-refractivity contribution in [2.45, 2.75) is 13.5 Å². The van der Waals surface area contributed by atoms with Crippen LogP contribution in [-0.4, -0.2) is 27.8 Å². The Bertz CT molecular complexity index is 875. The number of esters is 1. The molecule has 0 aliphatic carbocycles. The van der Waals surface area contributed by atoms with Gasteiger partial charge in [-0.25, -0.2) is 14.1 Å². The van der Waals surface area contributed by atoms with E-state index in [9.17, 15) is 9.18 Å². The monoisotopic (exact) mass is 325 g/mol. The number of hydrogen-bond acceptors (Lipinski definition) is 4. The van der Waals surface area contributed by atoms with Crippen LogP contribution in [0.2, 0.25) is 0 Å². The van der Waals surface area contributed by atoms with E-state index in [2.05, 4.69) is 10.1 Å². The van der Waals surface area contributed by atoms with Crippen molar-refractivity contribution in [3.63, 3.8) is 0 Å². The van der Waals surface area contributed by atoms with Gasteiger partial charge in [-0.3, -0.25) is 4.79 Å². The topological polar surface area (TPSA) is 57.0 Å². The molecule has 0 N–H and O–H groups in total. The number of carbonyl (C=O) groups excluding carboxylic acids is 1. The predicted molar refractivity (Wildman–Crippen MR) is 87.6 cm³/mol. The average Bonchev–Trinajstić information content (AvgIpc) is 3.01. The molecular formula is C18H16FN3O2. The molecule has 0 saturated carbocycles. The quantitative estimate of drug-likeness (QED) is 0.691. The van der Waals surface area contributed by atoms with Gasteiger partial charge in [0.15, 0.2) is 11.6 Å². The van der Waals surface area contributed by atoms with E-state index >= 15 is 0 Å². The van der Waals surface area contributed by atoms with Gasteiger partial charge in [0.25, 0.3) is 0 Å². The van der Waals surface area contributed by atoms with Crippen molar-refractivity contribution in [2.75, 3.05) is 7.11 Å². The molecule has 0 radical (unpaired) electrons. The van der Waals surface area contributed by atoms with Gasteiger partial charge in [0.2, 0.25) is 0 Å². The maximum absolute atomic E-state index is 13.5. The van der Waals surface area contributed by atoms with Crippen molar-refractivity contribution >= 4 is 5.97 Å². The Morgan fingerprint density at radius 1 is 1.17 bits per heavy atom. The minimum absolute atomic E-state index is 0.0477. The van der Waals surface area contributed by atoms with E-state index in [1.807, 2.05) is 30.3 Å². The Balaban J connectivity index is 2.08. The first-order chi connectivity index (χ1) is 11.6. The normalized spacial score (nSPS) is 10.6. The van der Waals surface area contributed by atoms with Gasteiger partial charge in [-0.2, -0.15) is 0 Å². The van der Waals surface area contributed by atoms with Crippen molar-refractivity contribution in [1.82, 2.24) is 14.8 Å². The largest absolute Gasteiger partial charge is 0.468 e. The van der Waals surface area contributed by atoms with Gasteiger partial charge in [-0.1, -0.05) is 30.3 Å². The standard InChI is InChI=1S/C18H16FN3O2/c1-12-10-14(8-9-15(12)19)17-20-18(13-6-4-3-5-7-13)22(21-17)11-16(23)24-2/h3-10H,11H2,1-2H3. The number of methoxy groups -OCH3 is 1. The summed E-state index contributed by atoms with van der Waals surface area (Å²) >= 11 is 0. The first-order valence-electron chi connectivity index (χ1n) is 7.42. The van der Waals surface area contributed by atoms with Crippen molar-refractivity contribution in [3.8, 4) is 22.8 Å². The van der Waals surface area contributed by atoms with Crippen LogP contribution in [0.5, 0.6) is 0 Å². The van der Waals surface area contributed by atoms with Crippen LogP contribution in [0.15, 0.2) is 48.5 Å². The van der Waals surface area contributed by atoms with Gasteiger partial charge >= 0.3 is 5.97 Å². The van der Waals surface area contributed by atoms with Crippen LogP contribution in [-0.2, 0) is 16.1 Å². The predicted octanol–water partition coefficient (Wildman–Crippen LogP) is 3.23. The number of hydrogen-bond donors (Lipinski definition) is 0. The fourth-order valence-electron chi connectivity index (χ4n) is 2.35. The molecule has 0 bridgehead atoms. The molecule has 0 saturated heterocycles. The Morgan fingerprint density at radius 3 is 2.58 bits per heavy atom. The third kappa shape index (κ3) is 3.17. The van der Waals surface area contributed by atoms with Gasteiger partial charge in [-0.05, 0) is 30.7 Å². The van der Waals surface area contributed by atoms with E-state index in [1.54, 1.807) is 19.1 Å². The van der Waals surface area contributed by atoms with Crippen LogP contribution in [0, 0.1) is 12.7 Å². The van der Waals surface area contributed by atoms with Crippen molar-refractivity contribution in [1.29, 1.82) is 0 Å². The van der Waals surface area contributed by atoms with Crippen LogP contribution >= 0.6 is 0 Å². The minimum Gasteiger partial charge on any atom is -0.468 e. The number of halogens is 1. The number of nitrogens with zero attached hydrogens (tertiary/aromatic N) is 3. The molecule has 122 valence electrons. The Labute approximate surface area is 138 Å². The summed E-state index contributed by atoms with van der Waals surface area (Å²) in [5, 5.41) is 4.40. The molecule has 0 aliphatic heterocycles. The van der Waals surface area contributed by atoms with Crippen LogP contribution < -0.4 is 0 Å². The molecule has 1 aromatic heterocycles. The number of aromatic nitrogens is 3. The Morgan fingerprint density at radius 2 is 1.92 bits per heavy atom. The zero-order chi connectivity index (χ0) is 17.1. The van der Waals surface area contributed by atoms with Crippen LogP contribution in [0.1, 0.15) is 5.56 Å². The lowest BCUT2D eigenvalue weighted by Gasteiger charge is -2.04. The van der Waals surface area contributed by atoms with Crippen molar-refractivity contribution in [2.24, 2.45) is 0 Å². The second kappa shape index (κ2) is 6.62.